The predicted octanol–water partition coefficient (Wildman–Crippen LogP) is 2.28. The first-order valence-corrected chi connectivity index (χ1v) is 5.29. The van der Waals surface area contributed by atoms with Crippen LogP contribution in [0, 0.1) is 23.3 Å². The summed E-state index contributed by atoms with van der Waals surface area (Å²) in [5, 5.41) is 16.4. The lowest BCUT2D eigenvalue weighted by atomic mass is 10.2. The molecule has 2 aromatic rings. The zero-order valence-electron chi connectivity index (χ0n) is 9.93. The van der Waals surface area contributed by atoms with Crippen LogP contribution in [0.5, 0.6) is 5.75 Å². The Labute approximate surface area is 112 Å². The van der Waals surface area contributed by atoms with Gasteiger partial charge >= 0.3 is 7.32 Å². The van der Waals surface area contributed by atoms with Crippen molar-refractivity contribution < 1.29 is 32.3 Å². The summed E-state index contributed by atoms with van der Waals surface area (Å²) < 4.78 is 53.8. The number of hydrogen-bond donors (Lipinski definition) is 2. The molecule has 3 nitrogen and oxygen atoms in total. The third-order valence-electron chi connectivity index (χ3n) is 1.97. The van der Waals surface area contributed by atoms with E-state index in [2.05, 4.69) is 4.65 Å². The highest BCUT2D eigenvalue weighted by atomic mass is 19.2. The maximum atomic E-state index is 12.7. The Kier molecular flexibility index (Phi) is 6.01. The van der Waals surface area contributed by atoms with Gasteiger partial charge in [0.25, 0.3) is 0 Å². The Morgan fingerprint density at radius 3 is 1.60 bits per heavy atom. The van der Waals surface area contributed by atoms with Crippen molar-refractivity contribution in [3.05, 3.63) is 65.7 Å². The summed E-state index contributed by atoms with van der Waals surface area (Å²) in [5.74, 6) is -8.74. The third kappa shape index (κ3) is 4.56. The molecule has 0 radical (unpaired) electrons. The van der Waals surface area contributed by atoms with E-state index in [0.717, 1.165) is 0 Å². The number of hydrogen-bond acceptors (Lipinski definition) is 3. The lowest BCUT2D eigenvalue weighted by molar-refractivity contribution is 0.276. The fraction of sp³-hybridized carbons (Fsp3) is 0. The molecule has 0 saturated heterocycles. The van der Waals surface area contributed by atoms with Gasteiger partial charge in [-0.15, -0.1) is 0 Å². The average molecular weight is 288 g/mol. The highest BCUT2D eigenvalue weighted by molar-refractivity contribution is 6.33. The second-order valence-electron chi connectivity index (χ2n) is 3.40. The summed E-state index contributed by atoms with van der Waals surface area (Å²) in [6, 6.07) is 12.2. The van der Waals surface area contributed by atoms with Gasteiger partial charge in [0.1, 0.15) is 5.75 Å². The molecule has 0 heterocycles. The van der Waals surface area contributed by atoms with E-state index in [9.17, 15) is 17.6 Å². The smallest absolute Gasteiger partial charge is 0.509 e. The van der Waals surface area contributed by atoms with E-state index in [1.165, 1.54) is 0 Å². The van der Waals surface area contributed by atoms with Crippen LogP contribution in [-0.4, -0.2) is 17.4 Å². The van der Waals surface area contributed by atoms with Crippen molar-refractivity contribution in [3.63, 3.8) is 0 Å². The van der Waals surface area contributed by atoms with Crippen LogP contribution in [-0.2, 0) is 0 Å². The minimum Gasteiger partial charge on any atom is -0.509 e. The van der Waals surface area contributed by atoms with Gasteiger partial charge in [0, 0.05) is 6.07 Å². The van der Waals surface area contributed by atoms with Crippen LogP contribution in [0.4, 0.5) is 17.6 Å². The number of halogens is 4. The van der Waals surface area contributed by atoms with Crippen LogP contribution >= 0.6 is 0 Å². The minimum absolute atomic E-state index is 0.160. The van der Waals surface area contributed by atoms with Crippen molar-refractivity contribution in [2.24, 2.45) is 0 Å². The quantitative estimate of drug-likeness (QED) is 0.386. The molecular weight excluding hydrogens is 279 g/mol. The summed E-state index contributed by atoms with van der Waals surface area (Å²) in [6.07, 6.45) is 0. The first kappa shape index (κ1) is 16.0. The average Bonchev–Trinajstić information content (AvgIpc) is 2.44. The summed E-state index contributed by atoms with van der Waals surface area (Å²) >= 11 is 0. The molecule has 0 aliphatic heterocycles. The minimum atomic E-state index is -2.45. The van der Waals surface area contributed by atoms with Crippen molar-refractivity contribution in [3.8, 4) is 5.75 Å². The van der Waals surface area contributed by atoms with E-state index >= 15 is 0 Å². The molecule has 0 aliphatic rings. The van der Waals surface area contributed by atoms with E-state index in [4.69, 9.17) is 10.0 Å². The Morgan fingerprint density at radius 1 is 0.750 bits per heavy atom. The molecule has 0 amide bonds. The monoisotopic (exact) mass is 288 g/mol. The van der Waals surface area contributed by atoms with Gasteiger partial charge in [0.2, 0.25) is 11.6 Å². The van der Waals surface area contributed by atoms with Gasteiger partial charge in [0.15, 0.2) is 11.6 Å². The Hall–Kier alpha value is -2.06. The second-order valence-corrected chi connectivity index (χ2v) is 3.40. The maximum Gasteiger partial charge on any atom is 0.707 e. The van der Waals surface area contributed by atoms with Crippen LogP contribution in [0.1, 0.15) is 0 Å². The van der Waals surface area contributed by atoms with Crippen LogP contribution in [0.25, 0.3) is 0 Å². The topological polar surface area (TPSA) is 49.7 Å². The molecule has 0 aromatic heterocycles. The van der Waals surface area contributed by atoms with Crippen LogP contribution in [0.15, 0.2) is 42.5 Å². The normalized spacial score (nSPS) is 9.50. The summed E-state index contributed by atoms with van der Waals surface area (Å²) in [4.78, 5) is 0. The highest BCUT2D eigenvalue weighted by Crippen LogP contribution is 2.24. The summed E-state index contributed by atoms with van der Waals surface area (Å²) in [7, 11) is -2.45. The lowest BCUT2D eigenvalue weighted by Gasteiger charge is -2.06. The van der Waals surface area contributed by atoms with Crippen LogP contribution in [0.2, 0.25) is 0 Å². The molecule has 0 fully saturated rings. The molecule has 0 aliphatic carbocycles. The molecule has 0 spiro atoms. The molecule has 0 unspecified atom stereocenters. The van der Waals surface area contributed by atoms with E-state index < -0.39 is 36.3 Å². The van der Waals surface area contributed by atoms with Gasteiger partial charge in [-0.2, -0.15) is 4.39 Å². The van der Waals surface area contributed by atoms with Gasteiger partial charge in [-0.25, -0.2) is 13.2 Å². The summed E-state index contributed by atoms with van der Waals surface area (Å²) in [5.41, 5.74) is 0. The first-order valence-electron chi connectivity index (χ1n) is 5.29. The number of rotatable bonds is 2. The van der Waals surface area contributed by atoms with Gasteiger partial charge in [-0.3, -0.25) is 0 Å². The Morgan fingerprint density at radius 2 is 1.20 bits per heavy atom. The molecular formula is C12H9BF4O3. The summed E-state index contributed by atoms with van der Waals surface area (Å²) in [6.45, 7) is 0. The van der Waals surface area contributed by atoms with Crippen molar-refractivity contribution in [1.82, 2.24) is 0 Å². The molecule has 2 aromatic carbocycles. The molecule has 2 rings (SSSR count). The van der Waals surface area contributed by atoms with Crippen LogP contribution in [0.3, 0.4) is 0 Å². The molecule has 0 atom stereocenters. The molecule has 8 heteroatoms. The fourth-order valence-corrected chi connectivity index (χ4v) is 1.14. The lowest BCUT2D eigenvalue weighted by Crippen LogP contribution is -2.21. The molecule has 2 N–H and O–H groups in total. The Bertz CT molecular complexity index is 525. The Balaban J connectivity index is 0.000000276. The van der Waals surface area contributed by atoms with Gasteiger partial charge in [-0.05, 0) is 0 Å². The standard InChI is InChI=1S/C6H3BF4O3.C6H6/c8-2-1-3(14-7(12)13)5(10)6(11)4(2)9;1-2-4-6-5-3-1/h1,12-13H;1-6H. The number of benzene rings is 2. The molecule has 0 bridgehead atoms. The van der Waals surface area contributed by atoms with Gasteiger partial charge < -0.3 is 14.7 Å². The van der Waals surface area contributed by atoms with Crippen molar-refractivity contribution in [2.45, 2.75) is 0 Å². The second kappa shape index (κ2) is 7.51. The van der Waals surface area contributed by atoms with Crippen molar-refractivity contribution >= 4 is 7.32 Å². The third-order valence-corrected chi connectivity index (χ3v) is 1.97. The fourth-order valence-electron chi connectivity index (χ4n) is 1.14. The molecule has 106 valence electrons. The van der Waals surface area contributed by atoms with E-state index in [0.29, 0.717) is 0 Å². The van der Waals surface area contributed by atoms with Crippen LogP contribution < -0.4 is 4.65 Å². The molecule has 0 saturated carbocycles. The van der Waals surface area contributed by atoms with E-state index in [-0.39, 0.29) is 6.07 Å². The van der Waals surface area contributed by atoms with E-state index in [1.807, 2.05) is 36.4 Å². The van der Waals surface area contributed by atoms with Crippen molar-refractivity contribution in [1.29, 1.82) is 0 Å². The van der Waals surface area contributed by atoms with Gasteiger partial charge in [-0.1, -0.05) is 36.4 Å². The maximum absolute atomic E-state index is 12.7. The zero-order chi connectivity index (χ0) is 15.1. The first-order chi connectivity index (χ1) is 9.43. The predicted molar refractivity (Wildman–Crippen MR) is 63.5 cm³/mol. The largest absolute Gasteiger partial charge is 0.707 e. The molecule has 20 heavy (non-hydrogen) atoms. The van der Waals surface area contributed by atoms with Gasteiger partial charge in [0.05, 0.1) is 0 Å². The van der Waals surface area contributed by atoms with E-state index in [1.54, 1.807) is 0 Å². The highest BCUT2D eigenvalue weighted by Gasteiger charge is 2.23. The SMILES string of the molecule is OB(O)Oc1cc(F)c(F)c(F)c1F.c1ccccc1. The van der Waals surface area contributed by atoms with Crippen molar-refractivity contribution in [2.75, 3.05) is 0 Å². The zero-order valence-corrected chi connectivity index (χ0v) is 9.93.